The number of aryl methyl sites for hydroxylation is 1. The highest BCUT2D eigenvalue weighted by Crippen LogP contribution is 2.45. The maximum Gasteiger partial charge on any atom is -0.00132 e. The molecule has 150 valence electrons. The van der Waals surface area contributed by atoms with Gasteiger partial charge in [0.1, 0.15) is 0 Å². The molecule has 0 N–H and O–H groups in total. The fourth-order valence-corrected chi connectivity index (χ4v) is 4.63. The molecular weight excluding hydrogens is 348 g/mol. The van der Waals surface area contributed by atoms with E-state index in [9.17, 15) is 0 Å². The summed E-state index contributed by atoms with van der Waals surface area (Å²) in [6.07, 6.45) is 2.10. The van der Waals surface area contributed by atoms with Crippen LogP contribution in [0.25, 0.3) is 22.3 Å². The van der Waals surface area contributed by atoms with E-state index in [1.165, 1.54) is 50.1 Å². The van der Waals surface area contributed by atoms with Crippen LogP contribution >= 0.6 is 0 Å². The summed E-state index contributed by atoms with van der Waals surface area (Å²) in [5.41, 5.74) is 13.2. The van der Waals surface area contributed by atoms with E-state index in [0.29, 0.717) is 0 Å². The summed E-state index contributed by atoms with van der Waals surface area (Å²) in [6, 6.07) is 21.0. The molecule has 0 aromatic heterocycles. The van der Waals surface area contributed by atoms with E-state index in [4.69, 9.17) is 0 Å². The van der Waals surface area contributed by atoms with Gasteiger partial charge in [0.25, 0.3) is 0 Å². The molecule has 0 heterocycles. The first-order chi connectivity index (χ1) is 13.6. The Balaban J connectivity index is 1.95. The molecule has 0 heteroatoms. The van der Waals surface area contributed by atoms with Gasteiger partial charge in [0, 0.05) is 0 Å². The van der Waals surface area contributed by atoms with Crippen molar-refractivity contribution in [2.45, 2.75) is 72.1 Å². The monoisotopic (exact) mass is 382 g/mol. The predicted octanol–water partition coefficient (Wildman–Crippen LogP) is 8.08. The number of hydrogen-bond acceptors (Lipinski definition) is 0. The Morgan fingerprint density at radius 1 is 0.655 bits per heavy atom. The highest BCUT2D eigenvalue weighted by molar-refractivity contribution is 5.84. The van der Waals surface area contributed by atoms with Crippen LogP contribution in [0.1, 0.15) is 76.3 Å². The molecule has 0 saturated carbocycles. The minimum absolute atomic E-state index is 0.0929. The van der Waals surface area contributed by atoms with Gasteiger partial charge in [-0.1, -0.05) is 90.9 Å². The van der Waals surface area contributed by atoms with Gasteiger partial charge in [0.05, 0.1) is 0 Å². The molecule has 3 aromatic carbocycles. The van der Waals surface area contributed by atoms with Crippen molar-refractivity contribution in [3.05, 3.63) is 82.4 Å². The maximum atomic E-state index is 2.50. The van der Waals surface area contributed by atoms with E-state index in [0.717, 1.165) is 12.8 Å². The Labute approximate surface area is 177 Å². The maximum absolute atomic E-state index is 2.50. The third kappa shape index (κ3) is 3.54. The lowest BCUT2D eigenvalue weighted by molar-refractivity contribution is 0.590. The first-order valence-electron chi connectivity index (χ1n) is 11.0. The Bertz CT molecular complexity index is 1070. The molecule has 1 aliphatic rings. The van der Waals surface area contributed by atoms with Gasteiger partial charge >= 0.3 is 0 Å². The normalized spacial score (nSPS) is 13.3. The van der Waals surface area contributed by atoms with Gasteiger partial charge in [-0.25, -0.2) is 0 Å². The molecule has 0 amide bonds. The van der Waals surface area contributed by atoms with E-state index in [-0.39, 0.29) is 10.8 Å². The van der Waals surface area contributed by atoms with Crippen molar-refractivity contribution >= 4 is 0 Å². The second-order valence-electron chi connectivity index (χ2n) is 10.6. The Kier molecular flexibility index (Phi) is 4.73. The van der Waals surface area contributed by atoms with Crippen LogP contribution in [0.15, 0.2) is 54.6 Å². The second kappa shape index (κ2) is 6.87. The topological polar surface area (TPSA) is 0 Å². The SMILES string of the molecule is CCc1ccccc1-c1cc2c(cc1C(C)(C)C)-c1cc(C(C)(C)C)ccc1C2. The second-order valence-corrected chi connectivity index (χ2v) is 10.6. The molecule has 4 rings (SSSR count). The third-order valence-corrected chi connectivity index (χ3v) is 6.39. The van der Waals surface area contributed by atoms with Crippen LogP contribution in [-0.4, -0.2) is 0 Å². The fraction of sp³-hybridized carbons (Fsp3) is 0.379. The summed E-state index contributed by atoms with van der Waals surface area (Å²) in [6.45, 7) is 16.2. The van der Waals surface area contributed by atoms with Crippen LogP contribution in [0.2, 0.25) is 0 Å². The van der Waals surface area contributed by atoms with Crippen molar-refractivity contribution in [1.29, 1.82) is 0 Å². The van der Waals surface area contributed by atoms with Gasteiger partial charge in [-0.05, 0) is 85.9 Å². The summed E-state index contributed by atoms with van der Waals surface area (Å²) >= 11 is 0. The Hall–Kier alpha value is -2.34. The first kappa shape index (κ1) is 20.0. The van der Waals surface area contributed by atoms with Gasteiger partial charge in [0.2, 0.25) is 0 Å². The average molecular weight is 383 g/mol. The van der Waals surface area contributed by atoms with Crippen molar-refractivity contribution in [3.8, 4) is 22.3 Å². The van der Waals surface area contributed by atoms with Crippen LogP contribution in [0, 0.1) is 0 Å². The zero-order valence-corrected chi connectivity index (χ0v) is 19.1. The van der Waals surface area contributed by atoms with E-state index < -0.39 is 0 Å². The average Bonchev–Trinajstić information content (AvgIpc) is 3.02. The molecule has 0 bridgehead atoms. The molecule has 0 unspecified atom stereocenters. The summed E-state index contributed by atoms with van der Waals surface area (Å²) in [7, 11) is 0. The minimum atomic E-state index is 0.0929. The van der Waals surface area contributed by atoms with Crippen molar-refractivity contribution in [2.75, 3.05) is 0 Å². The lowest BCUT2D eigenvalue weighted by atomic mass is 9.78. The molecule has 0 aliphatic heterocycles. The van der Waals surface area contributed by atoms with E-state index >= 15 is 0 Å². The molecule has 1 aliphatic carbocycles. The third-order valence-electron chi connectivity index (χ3n) is 6.39. The highest BCUT2D eigenvalue weighted by Gasteiger charge is 2.27. The lowest BCUT2D eigenvalue weighted by Gasteiger charge is -2.26. The van der Waals surface area contributed by atoms with E-state index in [1.807, 2.05) is 0 Å². The van der Waals surface area contributed by atoms with Gasteiger partial charge in [-0.2, -0.15) is 0 Å². The summed E-state index contributed by atoms with van der Waals surface area (Å²) < 4.78 is 0. The predicted molar refractivity (Wildman–Crippen MR) is 127 cm³/mol. The standard InChI is InChI=1S/C29H34/c1-8-19-11-9-10-12-23(19)26-16-21-15-20-13-14-22(28(2,3)4)17-24(20)25(21)18-27(26)29(5,6)7/h9-14,16-18H,8,15H2,1-7H3. The van der Waals surface area contributed by atoms with Crippen molar-refractivity contribution < 1.29 is 0 Å². The molecule has 0 radical (unpaired) electrons. The number of fused-ring (bicyclic) bond motifs is 3. The van der Waals surface area contributed by atoms with Crippen LogP contribution < -0.4 is 0 Å². The Morgan fingerprint density at radius 3 is 2.00 bits per heavy atom. The smallest absolute Gasteiger partial charge is 0.00132 e. The number of rotatable bonds is 2. The molecule has 0 nitrogen and oxygen atoms in total. The van der Waals surface area contributed by atoms with Gasteiger partial charge in [0.15, 0.2) is 0 Å². The van der Waals surface area contributed by atoms with Crippen LogP contribution in [-0.2, 0) is 23.7 Å². The highest BCUT2D eigenvalue weighted by atomic mass is 14.3. The molecular formula is C29H34. The summed E-state index contributed by atoms with van der Waals surface area (Å²) in [5, 5.41) is 0. The van der Waals surface area contributed by atoms with Crippen LogP contribution in [0.5, 0.6) is 0 Å². The largest absolute Gasteiger partial charge is 0.0620 e. The van der Waals surface area contributed by atoms with Crippen LogP contribution in [0.4, 0.5) is 0 Å². The van der Waals surface area contributed by atoms with Crippen molar-refractivity contribution in [2.24, 2.45) is 0 Å². The first-order valence-corrected chi connectivity index (χ1v) is 11.0. The number of hydrogen-bond donors (Lipinski definition) is 0. The van der Waals surface area contributed by atoms with E-state index in [1.54, 1.807) is 0 Å². The fourth-order valence-electron chi connectivity index (χ4n) is 4.63. The summed E-state index contributed by atoms with van der Waals surface area (Å²) in [4.78, 5) is 0. The molecule has 0 fully saturated rings. The molecule has 3 aromatic rings. The number of benzene rings is 3. The molecule has 29 heavy (non-hydrogen) atoms. The lowest BCUT2D eigenvalue weighted by Crippen LogP contribution is -2.14. The minimum Gasteiger partial charge on any atom is -0.0620 e. The summed E-state index contributed by atoms with van der Waals surface area (Å²) in [5.74, 6) is 0. The molecule has 0 atom stereocenters. The Morgan fingerprint density at radius 2 is 1.34 bits per heavy atom. The van der Waals surface area contributed by atoms with Crippen molar-refractivity contribution in [1.82, 2.24) is 0 Å². The van der Waals surface area contributed by atoms with Crippen molar-refractivity contribution in [3.63, 3.8) is 0 Å². The quantitative estimate of drug-likeness (QED) is 0.329. The van der Waals surface area contributed by atoms with Gasteiger partial charge in [-0.15, -0.1) is 0 Å². The van der Waals surface area contributed by atoms with E-state index in [2.05, 4.69) is 103 Å². The molecule has 0 spiro atoms. The zero-order chi connectivity index (χ0) is 21.0. The van der Waals surface area contributed by atoms with Crippen LogP contribution in [0.3, 0.4) is 0 Å². The van der Waals surface area contributed by atoms with Gasteiger partial charge < -0.3 is 0 Å². The zero-order valence-electron chi connectivity index (χ0n) is 19.1. The molecule has 0 saturated heterocycles. The van der Waals surface area contributed by atoms with Gasteiger partial charge in [-0.3, -0.25) is 0 Å².